The molecule has 0 N–H and O–H groups in total. The summed E-state index contributed by atoms with van der Waals surface area (Å²) in [6.07, 6.45) is 4.31. The summed E-state index contributed by atoms with van der Waals surface area (Å²) in [6.45, 7) is 5.34. The maximum absolute atomic E-state index is 12.1. The van der Waals surface area contributed by atoms with E-state index in [0.29, 0.717) is 19.0 Å². The molecule has 5 nitrogen and oxygen atoms in total. The van der Waals surface area contributed by atoms with Gasteiger partial charge < -0.3 is 0 Å². The maximum Gasteiger partial charge on any atom is 0.214 e. The van der Waals surface area contributed by atoms with Crippen LogP contribution in [0.3, 0.4) is 0 Å². The van der Waals surface area contributed by atoms with Gasteiger partial charge in [-0.3, -0.25) is 0 Å². The Morgan fingerprint density at radius 1 is 1.25 bits per heavy atom. The van der Waals surface area contributed by atoms with Crippen LogP contribution in [0.5, 0.6) is 0 Å². The van der Waals surface area contributed by atoms with Crippen molar-refractivity contribution < 1.29 is 8.42 Å². The predicted molar refractivity (Wildman–Crippen MR) is 81.5 cm³/mol. The normalized spacial score (nSPS) is 18.5. The van der Waals surface area contributed by atoms with Crippen molar-refractivity contribution in [2.75, 3.05) is 18.8 Å². The first-order chi connectivity index (χ1) is 9.56. The highest BCUT2D eigenvalue weighted by Gasteiger charge is 2.29. The molecule has 0 atom stereocenters. The van der Waals surface area contributed by atoms with Gasteiger partial charge in [-0.25, -0.2) is 12.7 Å². The van der Waals surface area contributed by atoms with Crippen molar-refractivity contribution in [3.8, 4) is 0 Å². The second-order valence-corrected chi connectivity index (χ2v) is 8.41. The standard InChI is InChI=1S/C13H23N3O2S2/c1-3-5-10-20(17,18)16-8-6-11(7-9-16)13-15-14-12(4-2)19-13/h11H,3-10H2,1-2H3. The van der Waals surface area contributed by atoms with Gasteiger partial charge in [0.05, 0.1) is 5.75 Å². The zero-order valence-corrected chi connectivity index (χ0v) is 13.8. The molecule has 20 heavy (non-hydrogen) atoms. The number of piperidine rings is 1. The van der Waals surface area contributed by atoms with Crippen molar-refractivity contribution in [3.05, 3.63) is 10.0 Å². The van der Waals surface area contributed by atoms with Gasteiger partial charge >= 0.3 is 0 Å². The molecule has 2 rings (SSSR count). The van der Waals surface area contributed by atoms with Crippen LogP contribution in [0.15, 0.2) is 0 Å². The van der Waals surface area contributed by atoms with E-state index in [4.69, 9.17) is 0 Å². The molecule has 0 saturated carbocycles. The highest BCUT2D eigenvalue weighted by atomic mass is 32.2. The Bertz CT molecular complexity index is 519. The average molecular weight is 317 g/mol. The largest absolute Gasteiger partial charge is 0.214 e. The van der Waals surface area contributed by atoms with Crippen LogP contribution >= 0.6 is 11.3 Å². The second-order valence-electron chi connectivity index (χ2n) is 5.23. The summed E-state index contributed by atoms with van der Waals surface area (Å²) in [5, 5.41) is 10.5. The fourth-order valence-electron chi connectivity index (χ4n) is 2.41. The first kappa shape index (κ1) is 15.9. The van der Waals surface area contributed by atoms with Crippen LogP contribution in [0.4, 0.5) is 0 Å². The first-order valence-electron chi connectivity index (χ1n) is 7.37. The number of hydrogen-bond donors (Lipinski definition) is 0. The summed E-state index contributed by atoms with van der Waals surface area (Å²) in [7, 11) is -3.05. The van der Waals surface area contributed by atoms with E-state index in [2.05, 4.69) is 17.1 Å². The van der Waals surface area contributed by atoms with Crippen LogP contribution in [0.2, 0.25) is 0 Å². The molecule has 1 aliphatic heterocycles. The number of hydrogen-bond acceptors (Lipinski definition) is 5. The van der Waals surface area contributed by atoms with Gasteiger partial charge in [-0.05, 0) is 25.7 Å². The molecule has 1 saturated heterocycles. The van der Waals surface area contributed by atoms with Crippen LogP contribution in [0.1, 0.15) is 55.5 Å². The van der Waals surface area contributed by atoms with Gasteiger partial charge in [0.2, 0.25) is 10.0 Å². The minimum atomic E-state index is -3.05. The lowest BCUT2D eigenvalue weighted by Gasteiger charge is -2.30. The summed E-state index contributed by atoms with van der Waals surface area (Å²) >= 11 is 1.67. The summed E-state index contributed by atoms with van der Waals surface area (Å²) in [4.78, 5) is 0. The van der Waals surface area contributed by atoms with Crippen LogP contribution in [-0.4, -0.2) is 41.8 Å². The zero-order valence-electron chi connectivity index (χ0n) is 12.2. The molecule has 0 radical (unpaired) electrons. The molecule has 1 fully saturated rings. The van der Waals surface area contributed by atoms with Crippen LogP contribution in [0.25, 0.3) is 0 Å². The molecular weight excluding hydrogens is 294 g/mol. The lowest BCUT2D eigenvalue weighted by Crippen LogP contribution is -2.39. The van der Waals surface area contributed by atoms with Gasteiger partial charge in [-0.1, -0.05) is 20.3 Å². The van der Waals surface area contributed by atoms with Gasteiger partial charge in [0.25, 0.3) is 0 Å². The van der Waals surface area contributed by atoms with Crippen LogP contribution in [0, 0.1) is 0 Å². The second kappa shape index (κ2) is 6.95. The van der Waals surface area contributed by atoms with Gasteiger partial charge in [-0.15, -0.1) is 21.5 Å². The number of sulfonamides is 1. The van der Waals surface area contributed by atoms with E-state index in [1.165, 1.54) is 0 Å². The van der Waals surface area contributed by atoms with Gasteiger partial charge in [0.15, 0.2) is 0 Å². The van der Waals surface area contributed by atoms with Crippen LogP contribution in [-0.2, 0) is 16.4 Å². The maximum atomic E-state index is 12.1. The molecule has 0 amide bonds. The minimum absolute atomic E-state index is 0.285. The fraction of sp³-hybridized carbons (Fsp3) is 0.846. The number of unbranched alkanes of at least 4 members (excludes halogenated alkanes) is 1. The van der Waals surface area contributed by atoms with Gasteiger partial charge in [0.1, 0.15) is 10.0 Å². The number of aromatic nitrogens is 2. The molecule has 0 spiro atoms. The Balaban J connectivity index is 1.92. The van der Waals surface area contributed by atoms with E-state index in [1.807, 2.05) is 6.92 Å². The van der Waals surface area contributed by atoms with Crippen molar-refractivity contribution in [2.45, 2.75) is 51.9 Å². The molecule has 1 aromatic rings. The summed E-state index contributed by atoms with van der Waals surface area (Å²) in [5.41, 5.74) is 0. The highest BCUT2D eigenvalue weighted by Crippen LogP contribution is 2.31. The van der Waals surface area contributed by atoms with Crippen molar-refractivity contribution in [3.63, 3.8) is 0 Å². The molecule has 0 aliphatic carbocycles. The molecule has 0 unspecified atom stereocenters. The molecule has 114 valence electrons. The number of aryl methyl sites for hydroxylation is 1. The quantitative estimate of drug-likeness (QED) is 0.808. The van der Waals surface area contributed by atoms with E-state index >= 15 is 0 Å². The van der Waals surface area contributed by atoms with E-state index < -0.39 is 10.0 Å². The number of nitrogens with zero attached hydrogens (tertiary/aromatic N) is 3. The highest BCUT2D eigenvalue weighted by molar-refractivity contribution is 7.89. The summed E-state index contributed by atoms with van der Waals surface area (Å²) < 4.78 is 25.9. The van der Waals surface area contributed by atoms with Crippen molar-refractivity contribution in [2.24, 2.45) is 0 Å². The smallest absolute Gasteiger partial charge is 0.212 e. The Kier molecular flexibility index (Phi) is 5.51. The van der Waals surface area contributed by atoms with Crippen LogP contribution < -0.4 is 0 Å². The van der Waals surface area contributed by atoms with E-state index in [9.17, 15) is 8.42 Å². The lowest BCUT2D eigenvalue weighted by molar-refractivity contribution is 0.318. The third kappa shape index (κ3) is 3.77. The Labute approximate surface area is 125 Å². The zero-order chi connectivity index (χ0) is 14.6. The van der Waals surface area contributed by atoms with E-state index in [0.717, 1.165) is 42.1 Å². The first-order valence-corrected chi connectivity index (χ1v) is 9.79. The monoisotopic (exact) mass is 317 g/mol. The SMILES string of the molecule is CCCCS(=O)(=O)N1CCC(c2nnc(CC)s2)CC1. The van der Waals surface area contributed by atoms with Crippen molar-refractivity contribution in [1.29, 1.82) is 0 Å². The van der Waals surface area contributed by atoms with Crippen molar-refractivity contribution >= 4 is 21.4 Å². The minimum Gasteiger partial charge on any atom is -0.212 e. The molecule has 0 bridgehead atoms. The Hall–Kier alpha value is -0.530. The Morgan fingerprint density at radius 3 is 2.50 bits per heavy atom. The molecule has 0 aromatic carbocycles. The molecule has 1 aromatic heterocycles. The topological polar surface area (TPSA) is 63.2 Å². The molecule has 7 heteroatoms. The van der Waals surface area contributed by atoms with Crippen molar-refractivity contribution in [1.82, 2.24) is 14.5 Å². The van der Waals surface area contributed by atoms with E-state index in [-0.39, 0.29) is 5.75 Å². The predicted octanol–water partition coefficient (Wildman–Crippen LogP) is 2.41. The van der Waals surface area contributed by atoms with E-state index in [1.54, 1.807) is 15.6 Å². The van der Waals surface area contributed by atoms with Gasteiger partial charge in [0, 0.05) is 19.0 Å². The lowest BCUT2D eigenvalue weighted by atomic mass is 9.99. The third-order valence-corrected chi connectivity index (χ3v) is 6.92. The fourth-order valence-corrected chi connectivity index (χ4v) is 5.04. The van der Waals surface area contributed by atoms with Gasteiger partial charge in [-0.2, -0.15) is 0 Å². The Morgan fingerprint density at radius 2 is 1.95 bits per heavy atom. The third-order valence-electron chi connectivity index (χ3n) is 3.74. The molecule has 1 aliphatic rings. The summed E-state index contributed by atoms with van der Waals surface area (Å²) in [6, 6.07) is 0. The molecule has 2 heterocycles. The molecular formula is C13H23N3O2S2. The number of rotatable bonds is 6. The average Bonchev–Trinajstić information content (AvgIpc) is 2.94. The summed E-state index contributed by atoms with van der Waals surface area (Å²) in [5.74, 6) is 0.665.